The maximum Gasteiger partial charge on any atom is 0.225 e. The van der Waals surface area contributed by atoms with Crippen molar-refractivity contribution in [1.82, 2.24) is 20.2 Å². The van der Waals surface area contributed by atoms with Crippen molar-refractivity contribution in [2.24, 2.45) is 0 Å². The molecule has 0 unspecified atom stereocenters. The molecule has 2 N–H and O–H groups in total. The van der Waals surface area contributed by atoms with E-state index in [2.05, 4.69) is 25.5 Å². The number of hydrogen-bond donors (Lipinski definition) is 2. The standard InChI is InChI=1S/C14H14ClN5S/c1-2-16-14-18-12-10(7-17-20-12)13(19-14)21-8-9-5-3-4-6-11(9)15/h3-7H,2,8H2,1H3,(H2,16,17,18,19,20). The van der Waals surface area contributed by atoms with E-state index in [0.29, 0.717) is 5.95 Å². The van der Waals surface area contributed by atoms with Gasteiger partial charge in [-0.2, -0.15) is 10.1 Å². The molecule has 108 valence electrons. The number of aromatic nitrogens is 4. The Kier molecular flexibility index (Phi) is 4.26. The molecule has 0 amide bonds. The molecule has 0 saturated heterocycles. The lowest BCUT2D eigenvalue weighted by molar-refractivity contribution is 1.04. The Morgan fingerprint density at radius 1 is 1.29 bits per heavy atom. The number of thioether (sulfide) groups is 1. The molecule has 2 heterocycles. The van der Waals surface area contributed by atoms with Gasteiger partial charge >= 0.3 is 0 Å². The van der Waals surface area contributed by atoms with Gasteiger partial charge in [0.25, 0.3) is 0 Å². The molecule has 21 heavy (non-hydrogen) atoms. The smallest absolute Gasteiger partial charge is 0.225 e. The van der Waals surface area contributed by atoms with Crippen LogP contribution < -0.4 is 5.32 Å². The minimum atomic E-state index is 0.607. The summed E-state index contributed by atoms with van der Waals surface area (Å²) in [6.07, 6.45) is 1.75. The molecule has 0 bridgehead atoms. The fraction of sp³-hybridized carbons (Fsp3) is 0.214. The van der Waals surface area contributed by atoms with E-state index in [1.807, 2.05) is 31.2 Å². The first-order chi connectivity index (χ1) is 10.3. The summed E-state index contributed by atoms with van der Waals surface area (Å²) in [7, 11) is 0. The number of H-pyrrole nitrogens is 1. The number of rotatable bonds is 5. The molecule has 0 atom stereocenters. The van der Waals surface area contributed by atoms with Crippen molar-refractivity contribution in [3.8, 4) is 0 Å². The molecular formula is C14H14ClN5S. The Morgan fingerprint density at radius 2 is 2.14 bits per heavy atom. The predicted octanol–water partition coefficient (Wildman–Crippen LogP) is 3.73. The molecule has 0 spiro atoms. The number of nitrogens with one attached hydrogen (secondary N) is 2. The number of aromatic amines is 1. The van der Waals surface area contributed by atoms with Gasteiger partial charge in [0, 0.05) is 17.3 Å². The van der Waals surface area contributed by atoms with Crippen LogP contribution in [0.5, 0.6) is 0 Å². The molecular weight excluding hydrogens is 306 g/mol. The fourth-order valence-electron chi connectivity index (χ4n) is 1.92. The molecule has 3 aromatic rings. The number of hydrogen-bond acceptors (Lipinski definition) is 5. The van der Waals surface area contributed by atoms with E-state index in [1.165, 1.54) is 0 Å². The summed E-state index contributed by atoms with van der Waals surface area (Å²) in [5.41, 5.74) is 1.83. The first kappa shape index (κ1) is 14.2. The van der Waals surface area contributed by atoms with Crippen LogP contribution in [0.25, 0.3) is 11.0 Å². The van der Waals surface area contributed by atoms with E-state index in [4.69, 9.17) is 11.6 Å². The first-order valence-electron chi connectivity index (χ1n) is 6.59. The van der Waals surface area contributed by atoms with E-state index in [1.54, 1.807) is 18.0 Å². The molecule has 5 nitrogen and oxygen atoms in total. The van der Waals surface area contributed by atoms with E-state index in [9.17, 15) is 0 Å². The van der Waals surface area contributed by atoms with Crippen molar-refractivity contribution in [2.45, 2.75) is 17.7 Å². The molecule has 0 saturated carbocycles. The minimum absolute atomic E-state index is 0.607. The molecule has 0 aliphatic carbocycles. The molecule has 0 radical (unpaired) electrons. The molecule has 3 rings (SSSR count). The van der Waals surface area contributed by atoms with Crippen molar-refractivity contribution in [3.05, 3.63) is 41.0 Å². The highest BCUT2D eigenvalue weighted by Gasteiger charge is 2.10. The number of fused-ring (bicyclic) bond motifs is 1. The normalized spacial score (nSPS) is 11.0. The maximum atomic E-state index is 6.19. The zero-order valence-corrected chi connectivity index (χ0v) is 13.0. The van der Waals surface area contributed by atoms with Crippen molar-refractivity contribution >= 4 is 40.3 Å². The van der Waals surface area contributed by atoms with Gasteiger partial charge in [0.1, 0.15) is 5.03 Å². The lowest BCUT2D eigenvalue weighted by Crippen LogP contribution is -2.03. The minimum Gasteiger partial charge on any atom is -0.354 e. The van der Waals surface area contributed by atoms with Crippen LogP contribution in [0.2, 0.25) is 5.02 Å². The predicted molar refractivity (Wildman–Crippen MR) is 86.9 cm³/mol. The third-order valence-corrected chi connectivity index (χ3v) is 4.34. The van der Waals surface area contributed by atoms with E-state index in [0.717, 1.165) is 38.9 Å². The summed E-state index contributed by atoms with van der Waals surface area (Å²) in [5, 5.41) is 12.6. The van der Waals surface area contributed by atoms with Crippen molar-refractivity contribution < 1.29 is 0 Å². The van der Waals surface area contributed by atoms with Crippen LogP contribution in [-0.2, 0) is 5.75 Å². The van der Waals surface area contributed by atoms with Crippen LogP contribution in [0.4, 0.5) is 5.95 Å². The van der Waals surface area contributed by atoms with Gasteiger partial charge in [0.15, 0.2) is 5.65 Å². The third kappa shape index (κ3) is 3.11. The summed E-state index contributed by atoms with van der Waals surface area (Å²) in [5.74, 6) is 1.36. The summed E-state index contributed by atoms with van der Waals surface area (Å²) in [6.45, 7) is 2.78. The number of halogens is 1. The van der Waals surface area contributed by atoms with Gasteiger partial charge in [-0.3, -0.25) is 5.10 Å². The van der Waals surface area contributed by atoms with Crippen LogP contribution in [-0.4, -0.2) is 26.7 Å². The van der Waals surface area contributed by atoms with Crippen LogP contribution in [0.15, 0.2) is 35.5 Å². The zero-order valence-electron chi connectivity index (χ0n) is 11.4. The molecule has 0 aliphatic heterocycles. The lowest BCUT2D eigenvalue weighted by atomic mass is 10.2. The van der Waals surface area contributed by atoms with Crippen LogP contribution in [0.3, 0.4) is 0 Å². The monoisotopic (exact) mass is 319 g/mol. The van der Waals surface area contributed by atoms with Crippen LogP contribution >= 0.6 is 23.4 Å². The van der Waals surface area contributed by atoms with Gasteiger partial charge in [0.05, 0.1) is 11.6 Å². The number of benzene rings is 1. The number of nitrogens with zero attached hydrogens (tertiary/aromatic N) is 3. The highest BCUT2D eigenvalue weighted by Crippen LogP contribution is 2.30. The molecule has 0 fully saturated rings. The zero-order chi connectivity index (χ0) is 14.7. The average molecular weight is 320 g/mol. The third-order valence-electron chi connectivity index (χ3n) is 2.93. The second kappa shape index (κ2) is 6.32. The highest BCUT2D eigenvalue weighted by atomic mass is 35.5. The molecule has 0 aliphatic rings. The Balaban J connectivity index is 1.89. The van der Waals surface area contributed by atoms with Crippen LogP contribution in [0.1, 0.15) is 12.5 Å². The van der Waals surface area contributed by atoms with Crippen molar-refractivity contribution in [1.29, 1.82) is 0 Å². The lowest BCUT2D eigenvalue weighted by Gasteiger charge is -2.07. The maximum absolute atomic E-state index is 6.19. The molecule has 7 heteroatoms. The Bertz CT molecular complexity index is 758. The average Bonchev–Trinajstić information content (AvgIpc) is 2.95. The van der Waals surface area contributed by atoms with Gasteiger partial charge < -0.3 is 5.32 Å². The molecule has 2 aromatic heterocycles. The summed E-state index contributed by atoms with van der Waals surface area (Å²) < 4.78 is 0. The van der Waals surface area contributed by atoms with Crippen LogP contribution in [0, 0.1) is 0 Å². The Hall–Kier alpha value is -1.79. The second-order valence-electron chi connectivity index (χ2n) is 4.40. The van der Waals surface area contributed by atoms with Gasteiger partial charge in [-0.25, -0.2) is 4.98 Å². The van der Waals surface area contributed by atoms with E-state index >= 15 is 0 Å². The SMILES string of the molecule is CCNc1nc(SCc2ccccc2Cl)c2cn[nH]c2n1. The second-order valence-corrected chi connectivity index (χ2v) is 5.77. The number of anilines is 1. The largest absolute Gasteiger partial charge is 0.354 e. The Morgan fingerprint density at radius 3 is 2.95 bits per heavy atom. The quantitative estimate of drug-likeness (QED) is 0.554. The van der Waals surface area contributed by atoms with Crippen molar-refractivity contribution in [3.63, 3.8) is 0 Å². The summed E-state index contributed by atoms with van der Waals surface area (Å²) in [6, 6.07) is 7.83. The van der Waals surface area contributed by atoms with Crippen molar-refractivity contribution in [2.75, 3.05) is 11.9 Å². The van der Waals surface area contributed by atoms with Gasteiger partial charge in [-0.1, -0.05) is 29.8 Å². The van der Waals surface area contributed by atoms with Gasteiger partial charge in [-0.15, -0.1) is 11.8 Å². The fourth-order valence-corrected chi connectivity index (χ4v) is 3.20. The van der Waals surface area contributed by atoms with E-state index in [-0.39, 0.29) is 0 Å². The summed E-state index contributed by atoms with van der Waals surface area (Å²) >= 11 is 7.82. The van der Waals surface area contributed by atoms with E-state index < -0.39 is 0 Å². The first-order valence-corrected chi connectivity index (χ1v) is 7.95. The highest BCUT2D eigenvalue weighted by molar-refractivity contribution is 7.98. The molecule has 1 aromatic carbocycles. The van der Waals surface area contributed by atoms with Gasteiger partial charge in [-0.05, 0) is 18.6 Å². The van der Waals surface area contributed by atoms with Gasteiger partial charge in [0.2, 0.25) is 5.95 Å². The topological polar surface area (TPSA) is 66.5 Å². The summed E-state index contributed by atoms with van der Waals surface area (Å²) in [4.78, 5) is 8.92. The Labute approximate surface area is 131 Å².